The number of aliphatic hydroxyl groups is 1. The third-order valence-corrected chi connectivity index (χ3v) is 3.55. The first-order chi connectivity index (χ1) is 9.06. The van der Waals surface area contributed by atoms with E-state index in [0.29, 0.717) is 3.57 Å². The molecule has 6 nitrogen and oxygen atoms in total. The monoisotopic (exact) mass is 402 g/mol. The quantitative estimate of drug-likeness (QED) is 0.724. The Morgan fingerprint density at radius 1 is 1.55 bits per heavy atom. The molecule has 0 spiro atoms. The van der Waals surface area contributed by atoms with E-state index in [1.807, 2.05) is 0 Å². The molecule has 1 aromatic heterocycles. The van der Waals surface area contributed by atoms with Crippen molar-refractivity contribution in [3.63, 3.8) is 0 Å². The summed E-state index contributed by atoms with van der Waals surface area (Å²) in [6.07, 6.45) is -4.30. The van der Waals surface area contributed by atoms with Gasteiger partial charge in [-0.3, -0.25) is 9.48 Å². The van der Waals surface area contributed by atoms with Crippen LogP contribution in [0.2, 0.25) is 0 Å². The van der Waals surface area contributed by atoms with Gasteiger partial charge in [-0.05, 0) is 29.5 Å². The first-order valence-corrected chi connectivity index (χ1v) is 6.51. The van der Waals surface area contributed by atoms with Crippen LogP contribution >= 0.6 is 22.6 Å². The Morgan fingerprint density at radius 2 is 2.15 bits per heavy atom. The number of amides is 1. The fourth-order valence-corrected chi connectivity index (χ4v) is 2.60. The van der Waals surface area contributed by atoms with Gasteiger partial charge in [0.15, 0.2) is 5.69 Å². The number of rotatable bonds is 1. The Balaban J connectivity index is 2.44. The summed E-state index contributed by atoms with van der Waals surface area (Å²) in [5.74, 6) is -1.09. The first kappa shape index (κ1) is 15.2. The molecule has 0 saturated heterocycles. The summed E-state index contributed by atoms with van der Waals surface area (Å²) in [4.78, 5) is 12.2. The van der Waals surface area contributed by atoms with Crippen LogP contribution in [0.5, 0.6) is 0 Å². The van der Waals surface area contributed by atoms with Crippen LogP contribution in [-0.2, 0) is 7.05 Å². The Bertz CT molecular complexity index is 598. The number of carbonyl (C=O) groups is 1. The van der Waals surface area contributed by atoms with Gasteiger partial charge in [-0.15, -0.1) is 0 Å². The molecule has 20 heavy (non-hydrogen) atoms. The smallest absolute Gasteiger partial charge is 0.362 e. The lowest BCUT2D eigenvalue weighted by Gasteiger charge is -2.32. The highest BCUT2D eigenvalue weighted by Gasteiger charge is 2.63. The van der Waals surface area contributed by atoms with Gasteiger partial charge in [0.25, 0.3) is 11.6 Å². The highest BCUT2D eigenvalue weighted by molar-refractivity contribution is 14.1. The molecule has 1 aliphatic rings. The highest BCUT2D eigenvalue weighted by Crippen LogP contribution is 2.40. The van der Waals surface area contributed by atoms with Crippen molar-refractivity contribution in [2.24, 2.45) is 12.1 Å². The molecule has 0 radical (unpaired) electrons. The lowest BCUT2D eigenvalue weighted by Crippen LogP contribution is -2.56. The van der Waals surface area contributed by atoms with Gasteiger partial charge in [0.1, 0.15) is 0 Å². The molecule has 0 saturated carbocycles. The van der Waals surface area contributed by atoms with Gasteiger partial charge in [0.2, 0.25) is 0 Å². The van der Waals surface area contributed by atoms with Crippen molar-refractivity contribution >= 4 is 34.2 Å². The zero-order valence-electron chi connectivity index (χ0n) is 10.4. The van der Waals surface area contributed by atoms with E-state index in [4.69, 9.17) is 0 Å². The van der Waals surface area contributed by atoms with Crippen LogP contribution in [-0.4, -0.2) is 43.4 Å². The van der Waals surface area contributed by atoms with Crippen molar-refractivity contribution in [3.8, 4) is 0 Å². The third kappa shape index (κ3) is 2.30. The van der Waals surface area contributed by atoms with Gasteiger partial charge >= 0.3 is 6.18 Å². The topological polar surface area (TPSA) is 70.7 Å². The summed E-state index contributed by atoms with van der Waals surface area (Å²) in [5, 5.41) is 17.2. The predicted molar refractivity (Wildman–Crippen MR) is 70.8 cm³/mol. The van der Waals surface area contributed by atoms with E-state index in [1.165, 1.54) is 24.9 Å². The average molecular weight is 402 g/mol. The molecule has 1 aliphatic heterocycles. The van der Waals surface area contributed by atoms with Gasteiger partial charge in [-0.25, -0.2) is 0 Å². The van der Waals surface area contributed by atoms with Crippen LogP contribution in [0.1, 0.15) is 23.8 Å². The molecule has 1 atom stereocenters. The molecule has 0 aromatic carbocycles. The van der Waals surface area contributed by atoms with E-state index in [-0.39, 0.29) is 16.4 Å². The minimum atomic E-state index is -5.01. The summed E-state index contributed by atoms with van der Waals surface area (Å²) in [6, 6.07) is 0. The van der Waals surface area contributed by atoms with Crippen molar-refractivity contribution < 1.29 is 23.1 Å². The van der Waals surface area contributed by atoms with Crippen LogP contribution in [0.4, 0.5) is 13.2 Å². The maximum atomic E-state index is 13.0. The van der Waals surface area contributed by atoms with E-state index in [2.05, 4.69) is 10.2 Å². The maximum absolute atomic E-state index is 13.0. The second kappa shape index (κ2) is 4.69. The second-order valence-electron chi connectivity index (χ2n) is 4.44. The minimum Gasteiger partial charge on any atom is -0.362 e. The number of carbonyl (C=O) groups excluding carboxylic acids is 1. The van der Waals surface area contributed by atoms with E-state index < -0.39 is 24.2 Å². The van der Waals surface area contributed by atoms with Gasteiger partial charge in [-0.2, -0.15) is 28.4 Å². The fourth-order valence-electron chi connectivity index (χ4n) is 1.86. The lowest BCUT2D eigenvalue weighted by atomic mass is 10.1. The molecule has 1 N–H and O–H groups in total. The average Bonchev–Trinajstić information content (AvgIpc) is 2.77. The molecule has 0 fully saturated rings. The molecule has 10 heteroatoms. The number of aromatic nitrogens is 2. The van der Waals surface area contributed by atoms with Crippen LogP contribution in [0.3, 0.4) is 0 Å². The number of hydrogen-bond donors (Lipinski definition) is 1. The molecule has 0 unspecified atom stereocenters. The highest BCUT2D eigenvalue weighted by atomic mass is 127. The van der Waals surface area contributed by atoms with Crippen LogP contribution < -0.4 is 0 Å². The molecule has 0 bridgehead atoms. The van der Waals surface area contributed by atoms with Crippen molar-refractivity contribution in [3.05, 3.63) is 15.5 Å². The van der Waals surface area contributed by atoms with E-state index in [0.717, 1.165) is 0 Å². The van der Waals surface area contributed by atoms with Gasteiger partial charge in [-0.1, -0.05) is 0 Å². The number of halogens is 4. The molecule has 1 aromatic rings. The number of aryl methyl sites for hydroxylation is 1. The van der Waals surface area contributed by atoms with E-state index >= 15 is 0 Å². The molecule has 2 heterocycles. The normalized spacial score (nSPS) is 23.1. The molecular formula is C10H10F3IN4O2. The van der Waals surface area contributed by atoms with E-state index in [9.17, 15) is 23.1 Å². The summed E-state index contributed by atoms with van der Waals surface area (Å²) in [6.45, 7) is 1.31. The Morgan fingerprint density at radius 3 is 2.60 bits per heavy atom. The Labute approximate surface area is 125 Å². The third-order valence-electron chi connectivity index (χ3n) is 2.76. The molecule has 2 rings (SSSR count). The van der Waals surface area contributed by atoms with Crippen LogP contribution in [0, 0.1) is 3.57 Å². The number of hydrazone groups is 1. The first-order valence-electron chi connectivity index (χ1n) is 5.43. The zero-order chi connectivity index (χ0) is 15.3. The van der Waals surface area contributed by atoms with Crippen molar-refractivity contribution in [1.82, 2.24) is 14.8 Å². The van der Waals surface area contributed by atoms with E-state index in [1.54, 1.807) is 22.6 Å². The molecule has 110 valence electrons. The number of alkyl halides is 3. The summed E-state index contributed by atoms with van der Waals surface area (Å²) in [7, 11) is 1.54. The molecular weight excluding hydrogens is 392 g/mol. The van der Waals surface area contributed by atoms with Crippen LogP contribution in [0.15, 0.2) is 11.3 Å². The number of nitrogens with zero attached hydrogens (tertiary/aromatic N) is 4. The minimum absolute atomic E-state index is 0.0177. The predicted octanol–water partition coefficient (Wildman–Crippen LogP) is 1.50. The number of hydrogen-bond acceptors (Lipinski definition) is 4. The van der Waals surface area contributed by atoms with Crippen molar-refractivity contribution in [2.75, 3.05) is 0 Å². The SMILES string of the molecule is CC1=NN(C(=O)c2nn(C)cc2I)[C@](O)(C(F)(F)F)C1. The Kier molecular flexibility index (Phi) is 3.57. The van der Waals surface area contributed by atoms with Crippen molar-refractivity contribution in [2.45, 2.75) is 25.2 Å². The largest absolute Gasteiger partial charge is 0.438 e. The second-order valence-corrected chi connectivity index (χ2v) is 5.60. The van der Waals surface area contributed by atoms with Gasteiger partial charge < -0.3 is 5.11 Å². The maximum Gasteiger partial charge on any atom is 0.438 e. The molecule has 0 aliphatic carbocycles. The van der Waals surface area contributed by atoms with Gasteiger partial charge in [0.05, 0.1) is 3.57 Å². The standard InChI is InChI=1S/C10H10F3IN4O2/c1-5-3-9(20,10(11,12)13)18(15-5)8(19)7-6(14)4-17(2)16-7/h4,20H,3H2,1-2H3/t9-/m1/s1. The summed E-state index contributed by atoms with van der Waals surface area (Å²) in [5.41, 5.74) is -3.49. The fraction of sp³-hybridized carbons (Fsp3) is 0.500. The lowest BCUT2D eigenvalue weighted by molar-refractivity contribution is -0.297. The van der Waals surface area contributed by atoms with Gasteiger partial charge in [0, 0.05) is 25.4 Å². The van der Waals surface area contributed by atoms with Crippen molar-refractivity contribution in [1.29, 1.82) is 0 Å². The summed E-state index contributed by atoms with van der Waals surface area (Å²) < 4.78 is 40.7. The zero-order valence-corrected chi connectivity index (χ0v) is 12.6. The summed E-state index contributed by atoms with van der Waals surface area (Å²) >= 11 is 1.78. The molecule has 1 amide bonds. The van der Waals surface area contributed by atoms with Crippen LogP contribution in [0.25, 0.3) is 0 Å². The Hall–Kier alpha value is -1.17.